The van der Waals surface area contributed by atoms with E-state index in [9.17, 15) is 4.79 Å². The standard InChI is InChI=1S/C20H19Cl2N3O2/c1-2-17(13-3-7-15(21)8-4-13)23-18(26)11-12-19-24-20(25-27-19)14-5-9-16(22)10-6-14/h3-10,17H,2,11-12H2,1H3,(H,23,26). The number of aromatic nitrogens is 2. The smallest absolute Gasteiger partial charge is 0.227 e. The molecule has 140 valence electrons. The highest BCUT2D eigenvalue weighted by Crippen LogP contribution is 2.20. The summed E-state index contributed by atoms with van der Waals surface area (Å²) in [5.74, 6) is 0.840. The third kappa shape index (κ3) is 5.31. The second-order valence-electron chi connectivity index (χ2n) is 6.10. The average Bonchev–Trinajstić information content (AvgIpc) is 3.15. The lowest BCUT2D eigenvalue weighted by Crippen LogP contribution is -2.28. The topological polar surface area (TPSA) is 68.0 Å². The first-order valence-corrected chi connectivity index (χ1v) is 9.44. The molecule has 0 aliphatic heterocycles. The molecule has 1 atom stereocenters. The van der Waals surface area contributed by atoms with E-state index in [4.69, 9.17) is 27.7 Å². The van der Waals surface area contributed by atoms with Crippen LogP contribution in [0.15, 0.2) is 53.1 Å². The van der Waals surface area contributed by atoms with Gasteiger partial charge in [0.15, 0.2) is 0 Å². The molecule has 1 heterocycles. The minimum Gasteiger partial charge on any atom is -0.349 e. The molecule has 0 bridgehead atoms. The lowest BCUT2D eigenvalue weighted by Gasteiger charge is -2.17. The Bertz CT molecular complexity index is 892. The lowest BCUT2D eigenvalue weighted by atomic mass is 10.0. The summed E-state index contributed by atoms with van der Waals surface area (Å²) in [6.07, 6.45) is 1.43. The molecule has 0 aliphatic carbocycles. The van der Waals surface area contributed by atoms with Gasteiger partial charge < -0.3 is 9.84 Å². The van der Waals surface area contributed by atoms with Crippen molar-refractivity contribution in [2.75, 3.05) is 0 Å². The normalized spacial score (nSPS) is 12.0. The minimum absolute atomic E-state index is 0.0536. The zero-order valence-corrected chi connectivity index (χ0v) is 16.3. The molecule has 1 N–H and O–H groups in total. The maximum atomic E-state index is 12.3. The Balaban J connectivity index is 1.55. The summed E-state index contributed by atoms with van der Waals surface area (Å²) >= 11 is 11.8. The van der Waals surface area contributed by atoms with Crippen LogP contribution in [0.2, 0.25) is 10.0 Å². The summed E-state index contributed by atoms with van der Waals surface area (Å²) in [4.78, 5) is 16.6. The van der Waals surface area contributed by atoms with Gasteiger partial charge in [-0.25, -0.2) is 0 Å². The molecule has 0 radical (unpaired) electrons. The van der Waals surface area contributed by atoms with Crippen molar-refractivity contribution in [2.24, 2.45) is 0 Å². The fraction of sp³-hybridized carbons (Fsp3) is 0.250. The van der Waals surface area contributed by atoms with Gasteiger partial charge in [-0.2, -0.15) is 4.98 Å². The van der Waals surface area contributed by atoms with Crippen LogP contribution in [0.25, 0.3) is 11.4 Å². The van der Waals surface area contributed by atoms with Crippen LogP contribution < -0.4 is 5.32 Å². The van der Waals surface area contributed by atoms with Gasteiger partial charge in [0, 0.05) is 28.5 Å². The Morgan fingerprint density at radius 2 is 1.70 bits per heavy atom. The maximum Gasteiger partial charge on any atom is 0.227 e. The fourth-order valence-corrected chi connectivity index (χ4v) is 2.93. The van der Waals surface area contributed by atoms with Gasteiger partial charge in [-0.15, -0.1) is 0 Å². The van der Waals surface area contributed by atoms with Crippen molar-refractivity contribution in [3.05, 3.63) is 70.0 Å². The van der Waals surface area contributed by atoms with Crippen LogP contribution in [-0.2, 0) is 11.2 Å². The molecule has 0 saturated carbocycles. The van der Waals surface area contributed by atoms with E-state index in [1.807, 2.05) is 43.3 Å². The lowest BCUT2D eigenvalue weighted by molar-refractivity contribution is -0.121. The maximum absolute atomic E-state index is 12.3. The Labute approximate surface area is 167 Å². The molecule has 7 heteroatoms. The predicted molar refractivity (Wildman–Crippen MR) is 106 cm³/mol. The number of amides is 1. The summed E-state index contributed by atoms with van der Waals surface area (Å²) in [6, 6.07) is 14.6. The quantitative estimate of drug-likeness (QED) is 0.585. The van der Waals surface area contributed by atoms with Crippen LogP contribution in [0, 0.1) is 0 Å². The number of hydrogen-bond donors (Lipinski definition) is 1. The summed E-state index contributed by atoms with van der Waals surface area (Å²) < 4.78 is 5.24. The van der Waals surface area contributed by atoms with Crippen molar-refractivity contribution in [3.8, 4) is 11.4 Å². The van der Waals surface area contributed by atoms with Gasteiger partial charge in [-0.3, -0.25) is 4.79 Å². The first-order valence-electron chi connectivity index (χ1n) is 8.68. The largest absolute Gasteiger partial charge is 0.349 e. The molecule has 2 aromatic carbocycles. The molecule has 0 saturated heterocycles. The van der Waals surface area contributed by atoms with E-state index in [2.05, 4.69) is 15.5 Å². The number of benzene rings is 2. The van der Waals surface area contributed by atoms with Gasteiger partial charge in [0.25, 0.3) is 0 Å². The zero-order valence-electron chi connectivity index (χ0n) is 14.8. The monoisotopic (exact) mass is 403 g/mol. The molecule has 0 spiro atoms. The number of hydrogen-bond acceptors (Lipinski definition) is 4. The van der Waals surface area contributed by atoms with Crippen LogP contribution in [0.5, 0.6) is 0 Å². The number of rotatable bonds is 7. The first kappa shape index (κ1) is 19.4. The van der Waals surface area contributed by atoms with Gasteiger partial charge in [-0.05, 0) is 48.4 Å². The van der Waals surface area contributed by atoms with E-state index in [0.717, 1.165) is 17.5 Å². The number of carbonyl (C=O) groups is 1. The number of aryl methyl sites for hydroxylation is 1. The Morgan fingerprint density at radius 3 is 2.33 bits per heavy atom. The first-order chi connectivity index (χ1) is 13.0. The number of nitrogens with one attached hydrogen (secondary N) is 1. The van der Waals surface area contributed by atoms with E-state index >= 15 is 0 Å². The highest BCUT2D eigenvalue weighted by molar-refractivity contribution is 6.30. The van der Waals surface area contributed by atoms with Crippen LogP contribution in [0.1, 0.15) is 37.3 Å². The second-order valence-corrected chi connectivity index (χ2v) is 6.97. The molecule has 27 heavy (non-hydrogen) atoms. The van der Waals surface area contributed by atoms with Crippen molar-refractivity contribution in [3.63, 3.8) is 0 Å². The Hall–Kier alpha value is -2.37. The van der Waals surface area contributed by atoms with E-state index in [1.54, 1.807) is 12.1 Å². The third-order valence-corrected chi connectivity index (χ3v) is 4.66. The van der Waals surface area contributed by atoms with Crippen molar-refractivity contribution < 1.29 is 9.32 Å². The Kier molecular flexibility index (Phi) is 6.48. The summed E-state index contributed by atoms with van der Waals surface area (Å²) in [5.41, 5.74) is 1.84. The third-order valence-electron chi connectivity index (χ3n) is 4.15. The van der Waals surface area contributed by atoms with Crippen molar-refractivity contribution in [1.29, 1.82) is 0 Å². The van der Waals surface area contributed by atoms with Gasteiger partial charge in [-0.1, -0.05) is 47.4 Å². The molecule has 3 rings (SSSR count). The van der Waals surface area contributed by atoms with E-state index in [-0.39, 0.29) is 18.4 Å². The van der Waals surface area contributed by atoms with Crippen LogP contribution >= 0.6 is 23.2 Å². The van der Waals surface area contributed by atoms with Crippen molar-refractivity contribution in [1.82, 2.24) is 15.5 Å². The second kappa shape index (κ2) is 9.02. The van der Waals surface area contributed by atoms with E-state index in [0.29, 0.717) is 28.2 Å². The Morgan fingerprint density at radius 1 is 1.07 bits per heavy atom. The molecular formula is C20H19Cl2N3O2. The average molecular weight is 404 g/mol. The van der Waals surface area contributed by atoms with Crippen molar-refractivity contribution in [2.45, 2.75) is 32.2 Å². The molecular weight excluding hydrogens is 385 g/mol. The van der Waals surface area contributed by atoms with Crippen molar-refractivity contribution >= 4 is 29.1 Å². The van der Waals surface area contributed by atoms with Gasteiger partial charge in [0.2, 0.25) is 17.6 Å². The molecule has 0 fully saturated rings. The SMILES string of the molecule is CCC(NC(=O)CCc1nc(-c2ccc(Cl)cc2)no1)c1ccc(Cl)cc1. The summed E-state index contributed by atoms with van der Waals surface area (Å²) in [6.45, 7) is 2.02. The molecule has 5 nitrogen and oxygen atoms in total. The molecule has 1 unspecified atom stereocenters. The van der Waals surface area contributed by atoms with Gasteiger partial charge in [0.1, 0.15) is 0 Å². The molecule has 3 aromatic rings. The highest BCUT2D eigenvalue weighted by Gasteiger charge is 2.15. The van der Waals surface area contributed by atoms with Gasteiger partial charge in [0.05, 0.1) is 6.04 Å². The fourth-order valence-electron chi connectivity index (χ4n) is 2.68. The van der Waals surface area contributed by atoms with Crippen LogP contribution in [-0.4, -0.2) is 16.0 Å². The van der Waals surface area contributed by atoms with E-state index < -0.39 is 0 Å². The van der Waals surface area contributed by atoms with Gasteiger partial charge >= 0.3 is 0 Å². The number of halogens is 2. The summed E-state index contributed by atoms with van der Waals surface area (Å²) in [7, 11) is 0. The number of carbonyl (C=O) groups excluding carboxylic acids is 1. The van der Waals surface area contributed by atoms with Crippen LogP contribution in [0.4, 0.5) is 0 Å². The minimum atomic E-state index is -0.0666. The number of nitrogens with zero attached hydrogens (tertiary/aromatic N) is 2. The molecule has 0 aliphatic rings. The van der Waals surface area contributed by atoms with E-state index in [1.165, 1.54) is 0 Å². The molecule has 1 amide bonds. The molecule has 1 aromatic heterocycles. The highest BCUT2D eigenvalue weighted by atomic mass is 35.5. The summed E-state index contributed by atoms with van der Waals surface area (Å²) in [5, 5.41) is 8.30. The van der Waals surface area contributed by atoms with Crippen LogP contribution in [0.3, 0.4) is 0 Å². The zero-order chi connectivity index (χ0) is 19.2. The predicted octanol–water partition coefficient (Wildman–Crippen LogP) is 5.24.